The fourth-order valence-corrected chi connectivity index (χ4v) is 1.98. The summed E-state index contributed by atoms with van der Waals surface area (Å²) in [6.07, 6.45) is 2.20. The van der Waals surface area contributed by atoms with Gasteiger partial charge in [0.1, 0.15) is 5.75 Å². The molecule has 4 heteroatoms. The van der Waals surface area contributed by atoms with Gasteiger partial charge >= 0.3 is 0 Å². The van der Waals surface area contributed by atoms with E-state index in [4.69, 9.17) is 14.2 Å². The highest BCUT2D eigenvalue weighted by Gasteiger charge is 2.42. The summed E-state index contributed by atoms with van der Waals surface area (Å²) in [4.78, 5) is 0. The zero-order chi connectivity index (χ0) is 12.5. The molecule has 0 heterocycles. The van der Waals surface area contributed by atoms with Crippen molar-refractivity contribution < 1.29 is 19.3 Å². The lowest BCUT2D eigenvalue weighted by atomic mass is 10.0. The van der Waals surface area contributed by atoms with Crippen LogP contribution in [0.15, 0.2) is 12.1 Å². The van der Waals surface area contributed by atoms with Gasteiger partial charge in [-0.25, -0.2) is 0 Å². The lowest BCUT2D eigenvalue weighted by Gasteiger charge is -2.18. The molecule has 0 amide bonds. The molecule has 17 heavy (non-hydrogen) atoms. The highest BCUT2D eigenvalue weighted by molar-refractivity contribution is 5.54. The van der Waals surface area contributed by atoms with Crippen molar-refractivity contribution in [3.05, 3.63) is 17.7 Å². The van der Waals surface area contributed by atoms with Crippen LogP contribution in [0.5, 0.6) is 17.2 Å². The lowest BCUT2D eigenvalue weighted by molar-refractivity contribution is 0.148. The van der Waals surface area contributed by atoms with Crippen molar-refractivity contribution >= 4 is 0 Å². The highest BCUT2D eigenvalue weighted by atomic mass is 16.5. The molecule has 0 unspecified atom stereocenters. The van der Waals surface area contributed by atoms with Crippen LogP contribution < -0.4 is 14.2 Å². The number of hydrogen-bond acceptors (Lipinski definition) is 4. The molecule has 1 saturated carbocycles. The van der Waals surface area contributed by atoms with Gasteiger partial charge in [-0.15, -0.1) is 0 Å². The standard InChI is InChI=1S/C13H18O4/c1-15-10-4-5-11(16-2)12(17-3)9(10)8-13(14)6-7-13/h4-5,14H,6-8H2,1-3H3. The van der Waals surface area contributed by atoms with Crippen LogP contribution in [0.3, 0.4) is 0 Å². The van der Waals surface area contributed by atoms with Crippen LogP contribution in [-0.4, -0.2) is 32.0 Å². The van der Waals surface area contributed by atoms with Crippen LogP contribution in [-0.2, 0) is 6.42 Å². The van der Waals surface area contributed by atoms with Gasteiger partial charge in [0.2, 0.25) is 0 Å². The average molecular weight is 238 g/mol. The van der Waals surface area contributed by atoms with E-state index < -0.39 is 5.60 Å². The van der Waals surface area contributed by atoms with Gasteiger partial charge in [0.25, 0.3) is 0 Å². The van der Waals surface area contributed by atoms with E-state index in [1.165, 1.54) is 0 Å². The minimum atomic E-state index is -0.590. The molecule has 1 N–H and O–H groups in total. The Hall–Kier alpha value is -1.42. The molecule has 4 nitrogen and oxygen atoms in total. The van der Waals surface area contributed by atoms with Gasteiger partial charge in [0.15, 0.2) is 11.5 Å². The number of rotatable bonds is 5. The van der Waals surface area contributed by atoms with E-state index in [1.54, 1.807) is 27.4 Å². The Labute approximate surface area is 101 Å². The molecular formula is C13H18O4. The van der Waals surface area contributed by atoms with E-state index in [0.29, 0.717) is 17.9 Å². The maximum atomic E-state index is 10.0. The zero-order valence-corrected chi connectivity index (χ0v) is 10.4. The molecule has 1 aliphatic carbocycles. The van der Waals surface area contributed by atoms with Gasteiger partial charge in [-0.3, -0.25) is 0 Å². The predicted molar refractivity (Wildman–Crippen MR) is 64.0 cm³/mol. The molecule has 0 radical (unpaired) electrons. The maximum Gasteiger partial charge on any atom is 0.167 e. The molecule has 0 spiro atoms. The quantitative estimate of drug-likeness (QED) is 0.849. The summed E-state index contributed by atoms with van der Waals surface area (Å²) in [6, 6.07) is 3.64. The Balaban J connectivity index is 2.42. The predicted octanol–water partition coefficient (Wildman–Crippen LogP) is 1.78. The van der Waals surface area contributed by atoms with Crippen molar-refractivity contribution in [3.8, 4) is 17.2 Å². The summed E-state index contributed by atoms with van der Waals surface area (Å²) in [7, 11) is 4.80. The van der Waals surface area contributed by atoms with Gasteiger partial charge in [-0.1, -0.05) is 0 Å². The Kier molecular flexibility index (Phi) is 3.15. The topological polar surface area (TPSA) is 47.9 Å². The molecule has 0 aromatic heterocycles. The van der Waals surface area contributed by atoms with Gasteiger partial charge in [-0.05, 0) is 25.0 Å². The monoisotopic (exact) mass is 238 g/mol. The summed E-state index contributed by atoms with van der Waals surface area (Å²) < 4.78 is 15.9. The van der Waals surface area contributed by atoms with Crippen LogP contribution in [0.2, 0.25) is 0 Å². The molecule has 0 aliphatic heterocycles. The van der Waals surface area contributed by atoms with Crippen LogP contribution in [0, 0.1) is 0 Å². The van der Waals surface area contributed by atoms with Crippen LogP contribution >= 0.6 is 0 Å². The van der Waals surface area contributed by atoms with Crippen molar-refractivity contribution in [3.63, 3.8) is 0 Å². The number of aliphatic hydroxyl groups is 1. The third-order valence-corrected chi connectivity index (χ3v) is 3.16. The summed E-state index contributed by atoms with van der Waals surface area (Å²) in [5.74, 6) is 2.03. The second-order valence-electron chi connectivity index (χ2n) is 4.38. The van der Waals surface area contributed by atoms with Crippen LogP contribution in [0.4, 0.5) is 0 Å². The molecule has 0 saturated heterocycles. The molecule has 1 aromatic rings. The van der Waals surface area contributed by atoms with Crippen molar-refractivity contribution in [1.29, 1.82) is 0 Å². The first kappa shape index (κ1) is 12.0. The molecule has 0 bridgehead atoms. The fourth-order valence-electron chi connectivity index (χ4n) is 1.98. The first-order valence-electron chi connectivity index (χ1n) is 5.64. The molecule has 94 valence electrons. The second kappa shape index (κ2) is 4.45. The van der Waals surface area contributed by atoms with Crippen molar-refractivity contribution in [2.24, 2.45) is 0 Å². The van der Waals surface area contributed by atoms with Gasteiger partial charge in [-0.2, -0.15) is 0 Å². The Morgan fingerprint density at radius 2 is 1.65 bits per heavy atom. The van der Waals surface area contributed by atoms with Crippen molar-refractivity contribution in [2.45, 2.75) is 24.9 Å². The Morgan fingerprint density at radius 3 is 2.12 bits per heavy atom. The maximum absolute atomic E-state index is 10.0. The summed E-state index contributed by atoms with van der Waals surface area (Å²) in [5.41, 5.74) is 0.279. The first-order valence-corrected chi connectivity index (χ1v) is 5.64. The van der Waals surface area contributed by atoms with Crippen molar-refractivity contribution in [1.82, 2.24) is 0 Å². The SMILES string of the molecule is COc1ccc(OC)c(OC)c1CC1(O)CC1. The molecule has 2 rings (SSSR count). The Morgan fingerprint density at radius 1 is 1.06 bits per heavy atom. The van der Waals surface area contributed by atoms with Crippen LogP contribution in [0.1, 0.15) is 18.4 Å². The second-order valence-corrected chi connectivity index (χ2v) is 4.38. The highest BCUT2D eigenvalue weighted by Crippen LogP contribution is 2.45. The molecule has 1 aliphatic rings. The number of methoxy groups -OCH3 is 3. The molecular weight excluding hydrogens is 220 g/mol. The summed E-state index contributed by atoms with van der Waals surface area (Å²) in [6.45, 7) is 0. The molecule has 1 aromatic carbocycles. The number of benzene rings is 1. The largest absolute Gasteiger partial charge is 0.496 e. The third kappa shape index (κ3) is 2.31. The van der Waals surface area contributed by atoms with E-state index in [0.717, 1.165) is 24.2 Å². The summed E-state index contributed by atoms with van der Waals surface area (Å²) >= 11 is 0. The third-order valence-electron chi connectivity index (χ3n) is 3.16. The molecule has 0 atom stereocenters. The van der Waals surface area contributed by atoms with E-state index >= 15 is 0 Å². The first-order chi connectivity index (χ1) is 8.13. The van der Waals surface area contributed by atoms with Gasteiger partial charge in [0.05, 0.1) is 26.9 Å². The van der Waals surface area contributed by atoms with Crippen molar-refractivity contribution in [2.75, 3.05) is 21.3 Å². The molecule has 1 fully saturated rings. The normalized spacial score (nSPS) is 16.5. The van der Waals surface area contributed by atoms with E-state index in [1.807, 2.05) is 6.07 Å². The van der Waals surface area contributed by atoms with E-state index in [2.05, 4.69) is 0 Å². The van der Waals surface area contributed by atoms with Gasteiger partial charge < -0.3 is 19.3 Å². The average Bonchev–Trinajstić information content (AvgIpc) is 3.06. The lowest BCUT2D eigenvalue weighted by Crippen LogP contribution is -2.13. The smallest absolute Gasteiger partial charge is 0.167 e. The zero-order valence-electron chi connectivity index (χ0n) is 10.4. The van der Waals surface area contributed by atoms with E-state index in [9.17, 15) is 5.11 Å². The van der Waals surface area contributed by atoms with Gasteiger partial charge in [0, 0.05) is 12.0 Å². The minimum absolute atomic E-state index is 0.538. The number of hydrogen-bond donors (Lipinski definition) is 1. The fraction of sp³-hybridized carbons (Fsp3) is 0.538. The van der Waals surface area contributed by atoms with E-state index in [-0.39, 0.29) is 0 Å². The minimum Gasteiger partial charge on any atom is -0.496 e. The Bertz CT molecular complexity index is 410. The van der Waals surface area contributed by atoms with Crippen LogP contribution in [0.25, 0.3) is 0 Å². The number of ether oxygens (including phenoxy) is 3. The summed E-state index contributed by atoms with van der Waals surface area (Å²) in [5, 5.41) is 10.0.